The molecule has 1 fully saturated rings. The van der Waals surface area contributed by atoms with Crippen molar-refractivity contribution in [3.05, 3.63) is 48.0 Å². The lowest BCUT2D eigenvalue weighted by Gasteiger charge is -2.32. The van der Waals surface area contributed by atoms with Gasteiger partial charge in [0, 0.05) is 37.6 Å². The number of aromatic nitrogens is 3. The molecule has 1 unspecified atom stereocenters. The SMILES string of the molecule is Nc1nccc(C2CCCN(C(=O)c3cccnc3)C2)n1. The number of rotatable bonds is 2. The molecule has 2 aromatic heterocycles. The van der Waals surface area contributed by atoms with Gasteiger partial charge in [-0.3, -0.25) is 9.78 Å². The molecule has 1 saturated heterocycles. The number of carbonyl (C=O) groups excluding carboxylic acids is 1. The standard InChI is InChI=1S/C15H17N5O/c16-15-18-7-5-13(19-15)12-4-2-8-20(10-12)14(21)11-3-1-6-17-9-11/h1,3,5-7,9,12H,2,4,8,10H2,(H2,16,18,19). The summed E-state index contributed by atoms with van der Waals surface area (Å²) in [6.45, 7) is 1.43. The van der Waals surface area contributed by atoms with Crippen molar-refractivity contribution in [2.24, 2.45) is 0 Å². The second-order valence-electron chi connectivity index (χ2n) is 5.17. The highest BCUT2D eigenvalue weighted by Gasteiger charge is 2.26. The molecule has 0 radical (unpaired) electrons. The maximum absolute atomic E-state index is 12.5. The van der Waals surface area contributed by atoms with Gasteiger partial charge in [-0.2, -0.15) is 0 Å². The number of carbonyl (C=O) groups is 1. The molecule has 3 heterocycles. The smallest absolute Gasteiger partial charge is 0.255 e. The van der Waals surface area contributed by atoms with E-state index in [-0.39, 0.29) is 17.8 Å². The van der Waals surface area contributed by atoms with Gasteiger partial charge in [-0.05, 0) is 31.0 Å². The van der Waals surface area contributed by atoms with Gasteiger partial charge < -0.3 is 10.6 Å². The van der Waals surface area contributed by atoms with Crippen LogP contribution in [0.3, 0.4) is 0 Å². The minimum absolute atomic E-state index is 0.0230. The fourth-order valence-corrected chi connectivity index (χ4v) is 2.69. The quantitative estimate of drug-likeness (QED) is 0.902. The Morgan fingerprint density at radius 1 is 1.33 bits per heavy atom. The molecule has 2 N–H and O–H groups in total. The van der Waals surface area contributed by atoms with Gasteiger partial charge >= 0.3 is 0 Å². The molecule has 0 spiro atoms. The van der Waals surface area contributed by atoms with E-state index in [0.717, 1.165) is 25.1 Å². The van der Waals surface area contributed by atoms with Gasteiger partial charge in [-0.25, -0.2) is 9.97 Å². The summed E-state index contributed by atoms with van der Waals surface area (Å²) in [5.41, 5.74) is 7.17. The summed E-state index contributed by atoms with van der Waals surface area (Å²) in [5, 5.41) is 0. The van der Waals surface area contributed by atoms with E-state index in [0.29, 0.717) is 12.1 Å². The van der Waals surface area contributed by atoms with Gasteiger partial charge in [0.1, 0.15) is 0 Å². The Balaban J connectivity index is 1.75. The van der Waals surface area contributed by atoms with E-state index in [1.165, 1.54) is 0 Å². The van der Waals surface area contributed by atoms with E-state index in [1.54, 1.807) is 30.7 Å². The molecule has 21 heavy (non-hydrogen) atoms. The van der Waals surface area contributed by atoms with Crippen LogP contribution in [-0.2, 0) is 0 Å². The Bertz CT molecular complexity index is 631. The number of likely N-dealkylation sites (tertiary alicyclic amines) is 1. The van der Waals surface area contributed by atoms with Crippen LogP contribution < -0.4 is 5.73 Å². The van der Waals surface area contributed by atoms with Crippen molar-refractivity contribution in [3.8, 4) is 0 Å². The highest BCUT2D eigenvalue weighted by molar-refractivity contribution is 5.93. The van der Waals surface area contributed by atoms with Crippen LogP contribution in [0.15, 0.2) is 36.8 Å². The van der Waals surface area contributed by atoms with Gasteiger partial charge in [0.2, 0.25) is 5.95 Å². The molecule has 1 aliphatic rings. The van der Waals surface area contributed by atoms with E-state index < -0.39 is 0 Å². The Morgan fingerprint density at radius 2 is 2.24 bits per heavy atom. The van der Waals surface area contributed by atoms with E-state index in [2.05, 4.69) is 15.0 Å². The first-order valence-electron chi connectivity index (χ1n) is 7.02. The zero-order valence-electron chi connectivity index (χ0n) is 11.6. The Kier molecular flexibility index (Phi) is 3.77. The first kappa shape index (κ1) is 13.5. The zero-order chi connectivity index (χ0) is 14.7. The number of hydrogen-bond donors (Lipinski definition) is 1. The summed E-state index contributed by atoms with van der Waals surface area (Å²) in [4.78, 5) is 26.5. The van der Waals surface area contributed by atoms with E-state index in [4.69, 9.17) is 5.73 Å². The lowest BCUT2D eigenvalue weighted by molar-refractivity contribution is 0.0705. The van der Waals surface area contributed by atoms with Gasteiger partial charge in [-0.15, -0.1) is 0 Å². The van der Waals surface area contributed by atoms with Crippen molar-refractivity contribution < 1.29 is 4.79 Å². The minimum atomic E-state index is 0.0230. The molecule has 6 heteroatoms. The average Bonchev–Trinajstić information content (AvgIpc) is 2.55. The lowest BCUT2D eigenvalue weighted by atomic mass is 9.94. The van der Waals surface area contributed by atoms with Crippen molar-refractivity contribution >= 4 is 11.9 Å². The number of amides is 1. The summed E-state index contributed by atoms with van der Waals surface area (Å²) < 4.78 is 0. The Labute approximate surface area is 123 Å². The van der Waals surface area contributed by atoms with Crippen molar-refractivity contribution in [1.29, 1.82) is 0 Å². The zero-order valence-corrected chi connectivity index (χ0v) is 11.6. The van der Waals surface area contributed by atoms with Crippen LogP contribution in [0.5, 0.6) is 0 Å². The second kappa shape index (κ2) is 5.87. The van der Waals surface area contributed by atoms with Crippen LogP contribution in [0.4, 0.5) is 5.95 Å². The maximum Gasteiger partial charge on any atom is 0.255 e. The lowest BCUT2D eigenvalue weighted by Crippen LogP contribution is -2.39. The van der Waals surface area contributed by atoms with Crippen molar-refractivity contribution in [2.45, 2.75) is 18.8 Å². The fraction of sp³-hybridized carbons (Fsp3) is 0.333. The molecule has 108 valence electrons. The predicted octanol–water partition coefficient (Wildman–Crippen LogP) is 1.47. The van der Waals surface area contributed by atoms with E-state index in [9.17, 15) is 4.79 Å². The largest absolute Gasteiger partial charge is 0.368 e. The molecule has 0 saturated carbocycles. The minimum Gasteiger partial charge on any atom is -0.368 e. The van der Waals surface area contributed by atoms with Gasteiger partial charge in [0.25, 0.3) is 5.91 Å². The van der Waals surface area contributed by atoms with Crippen LogP contribution >= 0.6 is 0 Å². The monoisotopic (exact) mass is 283 g/mol. The van der Waals surface area contributed by atoms with Crippen LogP contribution in [0.1, 0.15) is 34.8 Å². The van der Waals surface area contributed by atoms with Crippen molar-refractivity contribution in [1.82, 2.24) is 19.9 Å². The molecule has 1 amide bonds. The molecule has 6 nitrogen and oxygen atoms in total. The topological polar surface area (TPSA) is 85.0 Å². The highest BCUT2D eigenvalue weighted by Crippen LogP contribution is 2.26. The molecule has 0 aromatic carbocycles. The van der Waals surface area contributed by atoms with Crippen LogP contribution in [-0.4, -0.2) is 38.8 Å². The first-order chi connectivity index (χ1) is 10.2. The Morgan fingerprint density at radius 3 is 3.00 bits per heavy atom. The summed E-state index contributed by atoms with van der Waals surface area (Å²) in [6, 6.07) is 5.44. The number of piperidine rings is 1. The van der Waals surface area contributed by atoms with Gasteiger partial charge in [0.15, 0.2) is 0 Å². The van der Waals surface area contributed by atoms with Crippen molar-refractivity contribution in [2.75, 3.05) is 18.8 Å². The number of hydrogen-bond acceptors (Lipinski definition) is 5. The Hall–Kier alpha value is -2.50. The summed E-state index contributed by atoms with van der Waals surface area (Å²) in [6.07, 6.45) is 6.90. The third kappa shape index (κ3) is 2.99. The molecule has 0 bridgehead atoms. The van der Waals surface area contributed by atoms with Crippen LogP contribution in [0, 0.1) is 0 Å². The van der Waals surface area contributed by atoms with Crippen molar-refractivity contribution in [3.63, 3.8) is 0 Å². The van der Waals surface area contributed by atoms with Gasteiger partial charge in [0.05, 0.1) is 11.3 Å². The number of pyridine rings is 1. The summed E-state index contributed by atoms with van der Waals surface area (Å²) in [5.74, 6) is 0.516. The fourth-order valence-electron chi connectivity index (χ4n) is 2.69. The summed E-state index contributed by atoms with van der Waals surface area (Å²) in [7, 11) is 0. The third-order valence-electron chi connectivity index (χ3n) is 3.73. The molecule has 2 aromatic rings. The predicted molar refractivity (Wildman–Crippen MR) is 78.6 cm³/mol. The molecule has 3 rings (SSSR count). The maximum atomic E-state index is 12.5. The van der Waals surface area contributed by atoms with Crippen LogP contribution in [0.2, 0.25) is 0 Å². The van der Waals surface area contributed by atoms with E-state index in [1.807, 2.05) is 11.0 Å². The third-order valence-corrected chi connectivity index (χ3v) is 3.73. The molecular weight excluding hydrogens is 266 g/mol. The highest BCUT2D eigenvalue weighted by atomic mass is 16.2. The normalized spacial score (nSPS) is 18.5. The van der Waals surface area contributed by atoms with Crippen LogP contribution in [0.25, 0.3) is 0 Å². The molecular formula is C15H17N5O. The summed E-state index contributed by atoms with van der Waals surface area (Å²) >= 11 is 0. The van der Waals surface area contributed by atoms with E-state index >= 15 is 0 Å². The molecule has 1 atom stereocenters. The average molecular weight is 283 g/mol. The number of nitrogen functional groups attached to an aromatic ring is 1. The number of nitrogens with two attached hydrogens (primary N) is 1. The first-order valence-corrected chi connectivity index (χ1v) is 7.02. The molecule has 0 aliphatic carbocycles. The number of anilines is 1. The van der Waals surface area contributed by atoms with Gasteiger partial charge in [-0.1, -0.05) is 0 Å². The number of nitrogens with zero attached hydrogens (tertiary/aromatic N) is 4. The molecule has 1 aliphatic heterocycles. The second-order valence-corrected chi connectivity index (χ2v) is 5.17.